The molecule has 6 nitrogen and oxygen atoms in total. The molecule has 0 aromatic carbocycles. The van der Waals surface area contributed by atoms with Crippen molar-refractivity contribution in [3.63, 3.8) is 0 Å². The standard InChI is InChI=1S/C17H18ClN3O3/c1-17(2,3)24-16(23)21-7-5-12-11(15(21)22)9-13(20-12)10-4-6-19-14(18)8-10/h4,6,8-9,20H,5,7H2,1-3H3. The maximum Gasteiger partial charge on any atom is 0.417 e. The number of amides is 2. The van der Waals surface area contributed by atoms with Gasteiger partial charge in [-0.25, -0.2) is 14.7 Å². The first-order valence-electron chi connectivity index (χ1n) is 7.63. The summed E-state index contributed by atoms with van der Waals surface area (Å²) in [5.41, 5.74) is 2.25. The third-order valence-electron chi connectivity index (χ3n) is 3.61. The molecular weight excluding hydrogens is 330 g/mol. The molecule has 0 spiro atoms. The molecular formula is C17H18ClN3O3. The second-order valence-corrected chi connectivity index (χ2v) is 7.02. The first kappa shape index (κ1) is 16.5. The number of ether oxygens (including phenoxy) is 1. The van der Waals surface area contributed by atoms with Crippen LogP contribution in [0.25, 0.3) is 11.3 Å². The lowest BCUT2D eigenvalue weighted by Crippen LogP contribution is -2.44. The zero-order valence-corrected chi connectivity index (χ0v) is 14.5. The van der Waals surface area contributed by atoms with Crippen molar-refractivity contribution >= 4 is 23.6 Å². The third-order valence-corrected chi connectivity index (χ3v) is 3.82. The van der Waals surface area contributed by atoms with Crippen LogP contribution < -0.4 is 0 Å². The summed E-state index contributed by atoms with van der Waals surface area (Å²) >= 11 is 5.91. The quantitative estimate of drug-likeness (QED) is 0.799. The van der Waals surface area contributed by atoms with Gasteiger partial charge in [-0.1, -0.05) is 11.6 Å². The minimum absolute atomic E-state index is 0.289. The van der Waals surface area contributed by atoms with E-state index in [1.165, 1.54) is 0 Å². The molecule has 0 saturated heterocycles. The molecule has 0 aliphatic carbocycles. The van der Waals surface area contributed by atoms with Crippen LogP contribution in [0.15, 0.2) is 24.4 Å². The number of H-pyrrole nitrogens is 1. The van der Waals surface area contributed by atoms with Gasteiger partial charge in [-0.2, -0.15) is 0 Å². The maximum atomic E-state index is 12.6. The van der Waals surface area contributed by atoms with Crippen molar-refractivity contribution < 1.29 is 14.3 Å². The molecule has 0 fully saturated rings. The van der Waals surface area contributed by atoms with Crippen LogP contribution in [0, 0.1) is 0 Å². The third kappa shape index (κ3) is 3.28. The molecule has 0 radical (unpaired) electrons. The lowest BCUT2D eigenvalue weighted by Gasteiger charge is -2.28. The Kier molecular flexibility index (Phi) is 4.09. The van der Waals surface area contributed by atoms with Gasteiger partial charge in [0.05, 0.1) is 5.56 Å². The van der Waals surface area contributed by atoms with Gasteiger partial charge in [0.2, 0.25) is 0 Å². The summed E-state index contributed by atoms with van der Waals surface area (Å²) in [6.07, 6.45) is 1.54. The average molecular weight is 348 g/mol. The minimum atomic E-state index is -0.644. The molecule has 7 heteroatoms. The smallest absolute Gasteiger partial charge is 0.417 e. The Morgan fingerprint density at radius 3 is 2.79 bits per heavy atom. The number of nitrogens with zero attached hydrogens (tertiary/aromatic N) is 2. The van der Waals surface area contributed by atoms with Gasteiger partial charge in [0.25, 0.3) is 5.91 Å². The second-order valence-electron chi connectivity index (χ2n) is 6.63. The molecule has 2 aromatic rings. The van der Waals surface area contributed by atoms with E-state index >= 15 is 0 Å². The summed E-state index contributed by atoms with van der Waals surface area (Å²) < 4.78 is 5.30. The molecule has 3 heterocycles. The number of hydrogen-bond acceptors (Lipinski definition) is 4. The highest BCUT2D eigenvalue weighted by atomic mass is 35.5. The van der Waals surface area contributed by atoms with E-state index in [9.17, 15) is 9.59 Å². The Hall–Kier alpha value is -2.34. The summed E-state index contributed by atoms with van der Waals surface area (Å²) in [7, 11) is 0. The van der Waals surface area contributed by atoms with Crippen molar-refractivity contribution in [2.75, 3.05) is 6.54 Å². The van der Waals surface area contributed by atoms with Crippen molar-refractivity contribution in [1.82, 2.24) is 14.9 Å². The molecule has 2 aromatic heterocycles. The molecule has 2 amide bonds. The van der Waals surface area contributed by atoms with Gasteiger partial charge >= 0.3 is 6.09 Å². The van der Waals surface area contributed by atoms with E-state index in [-0.39, 0.29) is 12.5 Å². The summed E-state index contributed by atoms with van der Waals surface area (Å²) in [6.45, 7) is 5.60. The number of hydrogen-bond donors (Lipinski definition) is 1. The highest BCUT2D eigenvalue weighted by molar-refractivity contribution is 6.29. The number of carbonyl (C=O) groups is 2. The van der Waals surface area contributed by atoms with E-state index < -0.39 is 11.7 Å². The number of imide groups is 1. The molecule has 3 rings (SSSR count). The zero-order valence-electron chi connectivity index (χ0n) is 13.7. The number of aromatic nitrogens is 2. The van der Waals surface area contributed by atoms with E-state index in [4.69, 9.17) is 16.3 Å². The van der Waals surface area contributed by atoms with Crippen molar-refractivity contribution in [2.24, 2.45) is 0 Å². The molecule has 1 N–H and O–H groups in total. The van der Waals surface area contributed by atoms with Crippen LogP contribution in [-0.4, -0.2) is 39.0 Å². The molecule has 1 aliphatic heterocycles. The van der Waals surface area contributed by atoms with E-state index in [2.05, 4.69) is 9.97 Å². The number of aromatic amines is 1. The predicted octanol–water partition coefficient (Wildman–Crippen LogP) is 3.66. The summed E-state index contributed by atoms with van der Waals surface area (Å²) in [5, 5.41) is 0.377. The minimum Gasteiger partial charge on any atom is -0.443 e. The Morgan fingerprint density at radius 1 is 1.38 bits per heavy atom. The van der Waals surface area contributed by atoms with Crippen LogP contribution in [0.2, 0.25) is 5.15 Å². The van der Waals surface area contributed by atoms with E-state index in [1.807, 2.05) is 0 Å². The van der Waals surface area contributed by atoms with Crippen molar-refractivity contribution in [1.29, 1.82) is 0 Å². The van der Waals surface area contributed by atoms with Crippen molar-refractivity contribution in [3.05, 3.63) is 40.8 Å². The normalized spacial score (nSPS) is 14.5. The summed E-state index contributed by atoms with van der Waals surface area (Å²) in [4.78, 5) is 33.1. The predicted molar refractivity (Wildman–Crippen MR) is 90.0 cm³/mol. The summed E-state index contributed by atoms with van der Waals surface area (Å²) in [5.74, 6) is -0.354. The molecule has 0 unspecified atom stereocenters. The van der Waals surface area contributed by atoms with Crippen LogP contribution >= 0.6 is 11.6 Å². The van der Waals surface area contributed by atoms with Crippen LogP contribution in [-0.2, 0) is 11.2 Å². The van der Waals surface area contributed by atoms with Gasteiger partial charge in [-0.3, -0.25) is 4.79 Å². The van der Waals surface area contributed by atoms with Gasteiger partial charge in [-0.15, -0.1) is 0 Å². The van der Waals surface area contributed by atoms with E-state index in [1.54, 1.807) is 45.2 Å². The Morgan fingerprint density at radius 2 is 2.12 bits per heavy atom. The zero-order chi connectivity index (χ0) is 17.5. The first-order valence-corrected chi connectivity index (χ1v) is 8.01. The first-order chi connectivity index (χ1) is 11.2. The number of nitrogens with one attached hydrogen (secondary N) is 1. The van der Waals surface area contributed by atoms with E-state index in [0.29, 0.717) is 17.1 Å². The van der Waals surface area contributed by atoms with Crippen LogP contribution in [0.1, 0.15) is 36.8 Å². The van der Waals surface area contributed by atoms with Crippen LogP contribution in [0.5, 0.6) is 0 Å². The number of rotatable bonds is 1. The molecule has 0 atom stereocenters. The summed E-state index contributed by atoms with van der Waals surface area (Å²) in [6, 6.07) is 5.26. The highest BCUT2D eigenvalue weighted by Gasteiger charge is 2.33. The van der Waals surface area contributed by atoms with E-state index in [0.717, 1.165) is 21.9 Å². The molecule has 1 aliphatic rings. The molecule has 126 valence electrons. The molecule has 0 bridgehead atoms. The maximum absolute atomic E-state index is 12.6. The largest absolute Gasteiger partial charge is 0.443 e. The SMILES string of the molecule is CC(C)(C)OC(=O)N1CCc2[nH]c(-c3ccnc(Cl)c3)cc2C1=O. The van der Waals surface area contributed by atoms with Gasteiger partial charge in [0.1, 0.15) is 10.8 Å². The molecule has 0 saturated carbocycles. The number of carbonyl (C=O) groups excluding carboxylic acids is 2. The molecule has 24 heavy (non-hydrogen) atoms. The average Bonchev–Trinajstić information content (AvgIpc) is 2.90. The lowest BCUT2D eigenvalue weighted by molar-refractivity contribution is 0.0233. The second kappa shape index (κ2) is 5.94. The Bertz CT molecular complexity index is 808. The van der Waals surface area contributed by atoms with Gasteiger partial charge < -0.3 is 9.72 Å². The lowest BCUT2D eigenvalue weighted by atomic mass is 10.1. The van der Waals surface area contributed by atoms with Crippen LogP contribution in [0.3, 0.4) is 0 Å². The number of pyridine rings is 1. The number of fused-ring (bicyclic) bond motifs is 1. The van der Waals surface area contributed by atoms with Crippen LogP contribution in [0.4, 0.5) is 4.79 Å². The fraction of sp³-hybridized carbons (Fsp3) is 0.353. The monoisotopic (exact) mass is 347 g/mol. The fourth-order valence-electron chi connectivity index (χ4n) is 2.57. The Balaban J connectivity index is 1.87. The van der Waals surface area contributed by atoms with Crippen molar-refractivity contribution in [3.8, 4) is 11.3 Å². The highest BCUT2D eigenvalue weighted by Crippen LogP contribution is 2.27. The van der Waals surface area contributed by atoms with Gasteiger partial charge in [0.15, 0.2) is 0 Å². The fourth-order valence-corrected chi connectivity index (χ4v) is 2.75. The number of halogens is 1. The topological polar surface area (TPSA) is 75.3 Å². The Labute approximate surface area is 144 Å². The van der Waals surface area contributed by atoms with Crippen molar-refractivity contribution in [2.45, 2.75) is 32.8 Å². The van der Waals surface area contributed by atoms with Gasteiger partial charge in [0, 0.05) is 36.1 Å². The van der Waals surface area contributed by atoms with Gasteiger partial charge in [-0.05, 0) is 39.0 Å².